The molecule has 4 rings (SSSR count). The van der Waals surface area contributed by atoms with Crippen LogP contribution in [0.5, 0.6) is 11.5 Å². The fourth-order valence-electron chi connectivity index (χ4n) is 3.75. The first-order chi connectivity index (χ1) is 12.4. The van der Waals surface area contributed by atoms with Gasteiger partial charge >= 0.3 is 0 Å². The largest absolute Gasteiger partial charge is 0.487 e. The molecule has 6 heteroatoms. The molecule has 0 amide bonds. The van der Waals surface area contributed by atoms with Crippen LogP contribution in [0.1, 0.15) is 29.9 Å². The summed E-state index contributed by atoms with van der Waals surface area (Å²) >= 11 is 5.38. The van der Waals surface area contributed by atoms with Crippen molar-refractivity contribution in [1.29, 1.82) is 0 Å². The van der Waals surface area contributed by atoms with E-state index in [1.54, 1.807) is 0 Å². The van der Waals surface area contributed by atoms with Gasteiger partial charge in [-0.2, -0.15) is 0 Å². The van der Waals surface area contributed by atoms with Crippen molar-refractivity contribution in [3.05, 3.63) is 44.1 Å². The monoisotopic (exact) mass is 437 g/mol. The normalized spacial score (nSPS) is 19.5. The summed E-state index contributed by atoms with van der Waals surface area (Å²) in [6, 6.07) is 6.20. The van der Waals surface area contributed by atoms with Crippen LogP contribution in [0.3, 0.4) is 0 Å². The molecule has 1 unspecified atom stereocenters. The third-order valence-electron chi connectivity index (χ3n) is 4.88. The fraction of sp³-hybridized carbons (Fsp3) is 0.500. The molecule has 0 spiro atoms. The van der Waals surface area contributed by atoms with Crippen molar-refractivity contribution in [2.75, 3.05) is 19.7 Å². The zero-order chi connectivity index (χ0) is 18.3. The summed E-state index contributed by atoms with van der Waals surface area (Å²) in [5.74, 6) is 1.52. The Morgan fingerprint density at radius 1 is 1.38 bits per heavy atom. The third-order valence-corrected chi connectivity index (χ3v) is 6.36. The van der Waals surface area contributed by atoms with Gasteiger partial charge in [0.05, 0.1) is 0 Å². The van der Waals surface area contributed by atoms with Crippen LogP contribution in [0.15, 0.2) is 28.1 Å². The Bertz CT molecular complexity index is 804. The minimum absolute atomic E-state index is 0.216. The van der Waals surface area contributed by atoms with E-state index in [1.807, 2.05) is 17.4 Å². The molecule has 1 atom stereocenters. The smallest absolute Gasteiger partial charge is 0.165 e. The number of hydrogen-bond donors (Lipinski definition) is 1. The van der Waals surface area contributed by atoms with Crippen LogP contribution < -0.4 is 9.47 Å². The van der Waals surface area contributed by atoms with Crippen LogP contribution in [-0.2, 0) is 19.4 Å². The van der Waals surface area contributed by atoms with Gasteiger partial charge in [0.25, 0.3) is 0 Å². The Morgan fingerprint density at radius 2 is 2.23 bits per heavy atom. The lowest BCUT2D eigenvalue weighted by molar-refractivity contribution is 0.0610. The van der Waals surface area contributed by atoms with E-state index < -0.39 is 6.10 Å². The van der Waals surface area contributed by atoms with Gasteiger partial charge < -0.3 is 14.6 Å². The van der Waals surface area contributed by atoms with Crippen molar-refractivity contribution >= 4 is 27.3 Å². The van der Waals surface area contributed by atoms with Gasteiger partial charge in [-0.15, -0.1) is 11.3 Å². The van der Waals surface area contributed by atoms with Gasteiger partial charge in [0, 0.05) is 41.0 Å². The lowest BCUT2D eigenvalue weighted by Crippen LogP contribution is -2.38. The molecule has 0 saturated heterocycles. The summed E-state index contributed by atoms with van der Waals surface area (Å²) in [6.07, 6.45) is 1.40. The SMILES string of the molecule is CC1(C)Cc2cc(Br)cc(OCC(O)CN3CCc4sccc4C3)c2O1. The lowest BCUT2D eigenvalue weighted by Gasteiger charge is -2.28. The number of ether oxygens (including phenoxy) is 2. The molecule has 140 valence electrons. The molecule has 2 aromatic rings. The minimum Gasteiger partial charge on any atom is -0.487 e. The number of nitrogens with zero attached hydrogens (tertiary/aromatic N) is 1. The second-order valence-electron chi connectivity index (χ2n) is 7.75. The topological polar surface area (TPSA) is 41.9 Å². The molecule has 2 aliphatic heterocycles. The maximum atomic E-state index is 10.5. The Kier molecular flexibility index (Phi) is 5.03. The summed E-state index contributed by atoms with van der Waals surface area (Å²) in [5.41, 5.74) is 2.33. The van der Waals surface area contributed by atoms with Crippen LogP contribution in [0.2, 0.25) is 0 Å². The van der Waals surface area contributed by atoms with E-state index in [4.69, 9.17) is 9.47 Å². The third kappa shape index (κ3) is 3.93. The van der Waals surface area contributed by atoms with Crippen LogP contribution in [0.4, 0.5) is 0 Å². The number of halogens is 1. The Morgan fingerprint density at radius 3 is 3.08 bits per heavy atom. The molecule has 1 aromatic carbocycles. The molecule has 3 heterocycles. The first-order valence-electron chi connectivity index (χ1n) is 8.99. The summed E-state index contributed by atoms with van der Waals surface area (Å²) in [5, 5.41) is 12.6. The molecular weight excluding hydrogens is 414 g/mol. The Hall–Kier alpha value is -1.08. The highest BCUT2D eigenvalue weighted by atomic mass is 79.9. The molecule has 2 aliphatic rings. The van der Waals surface area contributed by atoms with Crippen LogP contribution in [0.25, 0.3) is 0 Å². The Labute approximate surface area is 166 Å². The molecule has 1 aromatic heterocycles. The zero-order valence-electron chi connectivity index (χ0n) is 15.1. The summed E-state index contributed by atoms with van der Waals surface area (Å²) < 4.78 is 13.0. The molecule has 4 nitrogen and oxygen atoms in total. The number of benzene rings is 1. The quantitative estimate of drug-likeness (QED) is 0.766. The molecule has 26 heavy (non-hydrogen) atoms. The second-order valence-corrected chi connectivity index (χ2v) is 9.67. The number of aliphatic hydroxyl groups excluding tert-OH is 1. The van der Waals surface area contributed by atoms with Gasteiger partial charge in [-0.1, -0.05) is 15.9 Å². The summed E-state index contributed by atoms with van der Waals surface area (Å²) in [7, 11) is 0. The Balaban J connectivity index is 1.36. The lowest BCUT2D eigenvalue weighted by atomic mass is 10.0. The number of rotatable bonds is 5. The van der Waals surface area contributed by atoms with E-state index in [-0.39, 0.29) is 12.2 Å². The van der Waals surface area contributed by atoms with Gasteiger partial charge in [0.15, 0.2) is 11.5 Å². The van der Waals surface area contributed by atoms with E-state index in [0.29, 0.717) is 12.3 Å². The van der Waals surface area contributed by atoms with E-state index in [2.05, 4.69) is 52.2 Å². The van der Waals surface area contributed by atoms with Gasteiger partial charge in [-0.25, -0.2) is 0 Å². The molecule has 0 bridgehead atoms. The summed E-state index contributed by atoms with van der Waals surface area (Å²) in [4.78, 5) is 3.78. The number of hydrogen-bond acceptors (Lipinski definition) is 5. The standard InChI is InChI=1S/C20H24BrNO3S/c1-20(2)9-14-7-15(21)8-17(19(14)25-20)24-12-16(23)11-22-5-3-18-13(10-22)4-6-26-18/h4,6-8,16,23H,3,5,9-12H2,1-2H3. The average Bonchev–Trinajstić information content (AvgIpc) is 3.14. The van der Waals surface area contributed by atoms with Crippen molar-refractivity contribution < 1.29 is 14.6 Å². The van der Waals surface area contributed by atoms with Crippen molar-refractivity contribution in [1.82, 2.24) is 4.90 Å². The zero-order valence-corrected chi connectivity index (χ0v) is 17.5. The highest BCUT2D eigenvalue weighted by Gasteiger charge is 2.33. The number of fused-ring (bicyclic) bond motifs is 2. The van der Waals surface area contributed by atoms with Crippen molar-refractivity contribution in [3.63, 3.8) is 0 Å². The molecule has 0 saturated carbocycles. The number of aliphatic hydroxyl groups is 1. The second kappa shape index (κ2) is 7.15. The van der Waals surface area contributed by atoms with Gasteiger partial charge in [-0.05, 0) is 49.4 Å². The molecule has 0 aliphatic carbocycles. The molecule has 0 fully saturated rings. The van der Waals surface area contributed by atoms with E-state index in [1.165, 1.54) is 10.4 Å². The molecular formula is C20H24BrNO3S. The van der Waals surface area contributed by atoms with Crippen LogP contribution in [-0.4, -0.2) is 41.4 Å². The van der Waals surface area contributed by atoms with E-state index in [9.17, 15) is 5.11 Å². The maximum absolute atomic E-state index is 10.5. The predicted molar refractivity (Wildman–Crippen MR) is 107 cm³/mol. The number of β-amino-alcohol motifs (C(OH)–C–C–N with tert-alkyl or cyclic N) is 1. The van der Waals surface area contributed by atoms with Crippen molar-refractivity contribution in [2.24, 2.45) is 0 Å². The van der Waals surface area contributed by atoms with Gasteiger partial charge in [-0.3, -0.25) is 4.90 Å². The van der Waals surface area contributed by atoms with Crippen LogP contribution in [0, 0.1) is 0 Å². The van der Waals surface area contributed by atoms with Crippen molar-refractivity contribution in [3.8, 4) is 11.5 Å². The highest BCUT2D eigenvalue weighted by molar-refractivity contribution is 9.10. The van der Waals surface area contributed by atoms with E-state index in [0.717, 1.165) is 41.7 Å². The maximum Gasteiger partial charge on any atom is 0.165 e. The molecule has 1 N–H and O–H groups in total. The number of thiophene rings is 1. The summed E-state index contributed by atoms with van der Waals surface area (Å²) in [6.45, 7) is 6.95. The fourth-order valence-corrected chi connectivity index (χ4v) is 5.12. The van der Waals surface area contributed by atoms with E-state index >= 15 is 0 Å². The van der Waals surface area contributed by atoms with Crippen LogP contribution >= 0.6 is 27.3 Å². The van der Waals surface area contributed by atoms with Gasteiger partial charge in [0.2, 0.25) is 0 Å². The first kappa shape index (κ1) is 18.3. The predicted octanol–water partition coefficient (Wildman–Crippen LogP) is 4.02. The molecule has 0 radical (unpaired) electrons. The van der Waals surface area contributed by atoms with Crippen molar-refractivity contribution in [2.45, 2.75) is 44.9 Å². The average molecular weight is 438 g/mol. The minimum atomic E-state index is -0.528. The highest BCUT2D eigenvalue weighted by Crippen LogP contribution is 2.43. The van der Waals surface area contributed by atoms with Gasteiger partial charge in [0.1, 0.15) is 18.3 Å². The first-order valence-corrected chi connectivity index (χ1v) is 10.7.